The minimum absolute atomic E-state index is 0.215. The van der Waals surface area contributed by atoms with Gasteiger partial charge in [0, 0.05) is 11.5 Å². The Hall–Kier alpha value is -1.05. The van der Waals surface area contributed by atoms with Crippen molar-refractivity contribution in [2.45, 2.75) is 0 Å². The summed E-state index contributed by atoms with van der Waals surface area (Å²) in [4.78, 5) is 22.4. The van der Waals surface area contributed by atoms with Crippen molar-refractivity contribution in [3.05, 3.63) is 35.9 Å². The fraction of sp³-hybridized carbons (Fsp3) is 0.385. The normalized spacial score (nSPS) is 9.95. The zero-order valence-electron chi connectivity index (χ0n) is 11.2. The predicted molar refractivity (Wildman–Crippen MR) is 84.8 cm³/mol. The van der Waals surface area contributed by atoms with E-state index < -0.39 is 6.16 Å². The molecule has 0 saturated heterocycles. The Labute approximate surface area is 136 Å². The summed E-state index contributed by atoms with van der Waals surface area (Å²) in [5.41, 5.74) is 0.543. The molecule has 0 aliphatic heterocycles. The van der Waals surface area contributed by atoms with Gasteiger partial charge in [-0.25, -0.2) is 9.59 Å². The lowest BCUT2D eigenvalue weighted by atomic mass is 10.2. The Balaban J connectivity index is 1.95. The highest BCUT2D eigenvalue weighted by atomic mass is 35.5. The van der Waals surface area contributed by atoms with Crippen LogP contribution in [-0.4, -0.2) is 42.9 Å². The summed E-state index contributed by atoms with van der Waals surface area (Å²) in [7, 11) is 3.06. The van der Waals surface area contributed by atoms with Gasteiger partial charge in [0.15, 0.2) is 6.07 Å². The van der Waals surface area contributed by atoms with E-state index in [4.69, 9.17) is 21.1 Å². The lowest BCUT2D eigenvalue weighted by Gasteiger charge is -2.05. The summed E-state index contributed by atoms with van der Waals surface area (Å²) in [5, 5.41) is 0. The second-order valence-electron chi connectivity index (χ2n) is 3.50. The average molecular weight is 351 g/mol. The van der Waals surface area contributed by atoms with E-state index in [-0.39, 0.29) is 18.6 Å². The van der Waals surface area contributed by atoms with Gasteiger partial charge in [-0.05, 0) is 12.1 Å². The van der Waals surface area contributed by atoms with Crippen LogP contribution in [0.4, 0.5) is 4.79 Å². The molecule has 0 fully saturated rings. The van der Waals surface area contributed by atoms with Crippen LogP contribution >= 0.6 is 33.2 Å². The highest BCUT2D eigenvalue weighted by Gasteiger charge is 2.05. The number of halogens is 1. The molecule has 0 aromatic heterocycles. The lowest BCUT2D eigenvalue weighted by molar-refractivity contribution is 0.0530. The molecule has 0 N–H and O–H groups in total. The number of hydrogen-bond donors (Lipinski definition) is 0. The molecule has 1 aromatic rings. The van der Waals surface area contributed by atoms with Crippen LogP contribution in [-0.2, 0) is 14.2 Å². The van der Waals surface area contributed by atoms with Crippen LogP contribution in [0.2, 0.25) is 0 Å². The molecule has 116 valence electrons. The molecule has 0 radical (unpaired) electrons. The molecule has 5 nitrogen and oxygen atoms in total. The average Bonchev–Trinajstić information content (AvgIpc) is 2.51. The second-order valence-corrected chi connectivity index (χ2v) is 6.42. The van der Waals surface area contributed by atoms with E-state index in [0.717, 1.165) is 0 Å². The Morgan fingerprint density at radius 3 is 2.19 bits per heavy atom. The fourth-order valence-corrected chi connectivity index (χ4v) is 2.93. The highest BCUT2D eigenvalue weighted by Crippen LogP contribution is 2.20. The van der Waals surface area contributed by atoms with Gasteiger partial charge in [-0.15, -0.1) is 0 Å². The van der Waals surface area contributed by atoms with Gasteiger partial charge < -0.3 is 14.2 Å². The summed E-state index contributed by atoms with van der Waals surface area (Å²) in [5.74, 6) is 0.956. The van der Waals surface area contributed by atoms with E-state index in [9.17, 15) is 9.59 Å². The van der Waals surface area contributed by atoms with Crippen molar-refractivity contribution in [1.82, 2.24) is 0 Å². The molecule has 0 aliphatic rings. The van der Waals surface area contributed by atoms with E-state index in [2.05, 4.69) is 4.74 Å². The Kier molecular flexibility index (Phi) is 9.94. The van der Waals surface area contributed by atoms with Crippen LogP contribution < -0.4 is 0 Å². The van der Waals surface area contributed by atoms with Gasteiger partial charge >= 0.3 is 12.1 Å². The van der Waals surface area contributed by atoms with Gasteiger partial charge in [-0.3, -0.25) is 0 Å². The third-order valence-corrected chi connectivity index (χ3v) is 4.49. The topological polar surface area (TPSA) is 61.8 Å². The third-order valence-electron chi connectivity index (χ3n) is 2.05. The molecule has 0 atom stereocenters. The largest absolute Gasteiger partial charge is 0.509 e. The first-order valence-corrected chi connectivity index (χ1v) is 9.08. The lowest BCUT2D eigenvalue weighted by Crippen LogP contribution is -2.08. The number of carbonyl (C=O) groups is 2. The van der Waals surface area contributed by atoms with E-state index >= 15 is 0 Å². The maximum Gasteiger partial charge on any atom is 0.509 e. The predicted octanol–water partition coefficient (Wildman–Crippen LogP) is 3.57. The quantitative estimate of drug-likeness (QED) is 0.292. The molecule has 8 heteroatoms. The maximum atomic E-state index is 11.6. The van der Waals surface area contributed by atoms with Gasteiger partial charge in [-0.1, -0.05) is 51.4 Å². The van der Waals surface area contributed by atoms with Crippen LogP contribution in [0, 0.1) is 0 Å². The van der Waals surface area contributed by atoms with Crippen molar-refractivity contribution in [3.63, 3.8) is 0 Å². The summed E-state index contributed by atoms with van der Waals surface area (Å²) >= 11 is 5.19. The van der Waals surface area contributed by atoms with Crippen molar-refractivity contribution in [2.24, 2.45) is 0 Å². The number of esters is 1. The van der Waals surface area contributed by atoms with Crippen molar-refractivity contribution in [3.8, 4) is 0 Å². The van der Waals surface area contributed by atoms with E-state index in [0.29, 0.717) is 23.7 Å². The zero-order chi connectivity index (χ0) is 15.3. The van der Waals surface area contributed by atoms with Crippen molar-refractivity contribution in [2.75, 3.05) is 30.8 Å². The molecule has 0 unspecified atom stereocenters. The van der Waals surface area contributed by atoms with E-state index in [1.54, 1.807) is 24.3 Å². The highest BCUT2D eigenvalue weighted by molar-refractivity contribution is 8.76. The van der Waals surface area contributed by atoms with Gasteiger partial charge in [0.2, 0.25) is 0 Å². The third kappa shape index (κ3) is 8.75. The second kappa shape index (κ2) is 11.6. The fourth-order valence-electron chi connectivity index (χ4n) is 1.19. The molecule has 1 rings (SSSR count). The first kappa shape index (κ1) is 18.0. The summed E-state index contributed by atoms with van der Waals surface area (Å²) in [6.07, 6.45) is -0.771. The number of alkyl halides is 1. The molecule has 0 amide bonds. The zero-order valence-corrected chi connectivity index (χ0v) is 13.5. The standard InChI is InChI=1S/C13H15ClO5S2/c14-10-19-13(16)18-7-9-21-20-8-6-17-12(15)11-4-2-1-3-5-11/h1-5H,6-10H2. The van der Waals surface area contributed by atoms with Gasteiger partial charge in [0.1, 0.15) is 13.2 Å². The van der Waals surface area contributed by atoms with Crippen LogP contribution in [0.25, 0.3) is 0 Å². The van der Waals surface area contributed by atoms with Crippen LogP contribution in [0.5, 0.6) is 0 Å². The van der Waals surface area contributed by atoms with Gasteiger partial charge in [0.05, 0.1) is 5.56 Å². The minimum atomic E-state index is -0.771. The number of rotatable bonds is 9. The minimum Gasteiger partial charge on any atom is -0.461 e. The van der Waals surface area contributed by atoms with Gasteiger partial charge in [0.25, 0.3) is 0 Å². The molecule has 1 aromatic carbocycles. The molecule has 0 bridgehead atoms. The van der Waals surface area contributed by atoms with E-state index in [1.165, 1.54) is 21.6 Å². The van der Waals surface area contributed by atoms with Crippen molar-refractivity contribution < 1.29 is 23.8 Å². The molecular formula is C13H15ClO5S2. The number of hydrogen-bond acceptors (Lipinski definition) is 7. The first-order chi connectivity index (χ1) is 10.2. The number of benzene rings is 1. The Morgan fingerprint density at radius 1 is 0.952 bits per heavy atom. The summed E-state index contributed by atoms with van der Waals surface area (Å²) < 4.78 is 14.2. The van der Waals surface area contributed by atoms with Crippen LogP contribution in [0.15, 0.2) is 30.3 Å². The maximum absolute atomic E-state index is 11.6. The van der Waals surface area contributed by atoms with Crippen LogP contribution in [0.3, 0.4) is 0 Å². The molecule has 0 aliphatic carbocycles. The Bertz CT molecular complexity index is 430. The monoisotopic (exact) mass is 350 g/mol. The first-order valence-electron chi connectivity index (χ1n) is 6.06. The molecule has 21 heavy (non-hydrogen) atoms. The van der Waals surface area contributed by atoms with E-state index in [1.807, 2.05) is 6.07 Å². The Morgan fingerprint density at radius 2 is 1.57 bits per heavy atom. The molecule has 0 saturated carbocycles. The van der Waals surface area contributed by atoms with Gasteiger partial charge in [-0.2, -0.15) is 0 Å². The number of carbonyl (C=O) groups excluding carboxylic acids is 2. The summed E-state index contributed by atoms with van der Waals surface area (Å²) in [6, 6.07) is 8.62. The smallest absolute Gasteiger partial charge is 0.461 e. The SMILES string of the molecule is O=C(OCCl)OCCSSCCOC(=O)c1ccccc1. The van der Waals surface area contributed by atoms with Crippen LogP contribution in [0.1, 0.15) is 10.4 Å². The van der Waals surface area contributed by atoms with Crippen molar-refractivity contribution >= 4 is 45.3 Å². The molecule has 0 heterocycles. The van der Waals surface area contributed by atoms with Crippen molar-refractivity contribution in [1.29, 1.82) is 0 Å². The molecular weight excluding hydrogens is 336 g/mol. The molecule has 0 spiro atoms. The number of ether oxygens (including phenoxy) is 3. The summed E-state index contributed by atoms with van der Waals surface area (Å²) in [6.45, 7) is 0.581.